The van der Waals surface area contributed by atoms with E-state index >= 15 is 0 Å². The molecule has 0 saturated carbocycles. The van der Waals surface area contributed by atoms with Crippen molar-refractivity contribution in [1.29, 1.82) is 0 Å². The van der Waals surface area contributed by atoms with Crippen LogP contribution in [0.5, 0.6) is 0 Å². The molecule has 144 valence electrons. The zero-order chi connectivity index (χ0) is 19.4. The lowest BCUT2D eigenvalue weighted by atomic mass is 10.1. The molecule has 2 aromatic carbocycles. The van der Waals surface area contributed by atoms with E-state index in [0.717, 1.165) is 30.8 Å². The zero-order valence-electron chi connectivity index (χ0n) is 15.0. The van der Waals surface area contributed by atoms with Crippen LogP contribution in [0.3, 0.4) is 0 Å². The smallest absolute Gasteiger partial charge is 0.372 e. The molecule has 0 spiro atoms. The summed E-state index contributed by atoms with van der Waals surface area (Å²) in [6.07, 6.45) is -1.86. The van der Waals surface area contributed by atoms with Crippen LogP contribution in [0.4, 0.5) is 24.5 Å². The number of anilines is 2. The molecule has 2 N–H and O–H groups in total. The van der Waals surface area contributed by atoms with Crippen LogP contribution < -0.4 is 15.5 Å². The van der Waals surface area contributed by atoms with E-state index in [-0.39, 0.29) is 6.04 Å². The van der Waals surface area contributed by atoms with Crippen molar-refractivity contribution in [3.8, 4) is 0 Å². The van der Waals surface area contributed by atoms with Gasteiger partial charge in [0, 0.05) is 24.5 Å². The summed E-state index contributed by atoms with van der Waals surface area (Å²) >= 11 is 5.28. The summed E-state index contributed by atoms with van der Waals surface area (Å²) in [6.45, 7) is 4.20. The maximum atomic E-state index is 12.6. The number of nitrogens with one attached hydrogen (secondary N) is 2. The molecule has 0 aromatic heterocycles. The molecular weight excluding hydrogens is 371 g/mol. The summed E-state index contributed by atoms with van der Waals surface area (Å²) in [7, 11) is 0. The fraction of sp³-hybridized carbons (Fsp3) is 0.350. The Morgan fingerprint density at radius 2 is 1.59 bits per heavy atom. The van der Waals surface area contributed by atoms with Gasteiger partial charge in [-0.15, -0.1) is 0 Å². The highest BCUT2D eigenvalue weighted by atomic mass is 32.1. The molecule has 0 aliphatic carbocycles. The Morgan fingerprint density at radius 1 is 1.00 bits per heavy atom. The molecule has 27 heavy (non-hydrogen) atoms. The van der Waals surface area contributed by atoms with Gasteiger partial charge in [0.25, 0.3) is 0 Å². The minimum Gasteiger partial charge on any atom is -0.372 e. The number of benzene rings is 2. The minimum atomic E-state index is -4.34. The van der Waals surface area contributed by atoms with Gasteiger partial charge in [-0.3, -0.25) is 0 Å². The van der Waals surface area contributed by atoms with Crippen LogP contribution in [-0.2, 0) is 6.18 Å². The molecule has 1 saturated heterocycles. The van der Waals surface area contributed by atoms with Gasteiger partial charge >= 0.3 is 6.18 Å². The van der Waals surface area contributed by atoms with Gasteiger partial charge in [-0.25, -0.2) is 0 Å². The van der Waals surface area contributed by atoms with Crippen molar-refractivity contribution in [2.45, 2.75) is 32.0 Å². The molecule has 3 nitrogen and oxygen atoms in total. The van der Waals surface area contributed by atoms with Crippen molar-refractivity contribution in [1.82, 2.24) is 5.32 Å². The van der Waals surface area contributed by atoms with E-state index in [2.05, 4.69) is 39.8 Å². The van der Waals surface area contributed by atoms with Crippen LogP contribution in [0.1, 0.15) is 36.9 Å². The van der Waals surface area contributed by atoms with E-state index in [1.807, 2.05) is 6.92 Å². The van der Waals surface area contributed by atoms with E-state index in [0.29, 0.717) is 10.8 Å². The topological polar surface area (TPSA) is 27.3 Å². The number of hydrogen-bond donors (Lipinski definition) is 2. The molecule has 1 fully saturated rings. The van der Waals surface area contributed by atoms with Gasteiger partial charge in [0.05, 0.1) is 11.6 Å². The maximum absolute atomic E-state index is 12.6. The number of halogens is 3. The lowest BCUT2D eigenvalue weighted by Gasteiger charge is -2.20. The molecular formula is C20H22F3N3S. The Labute approximate surface area is 162 Å². The molecule has 1 aliphatic rings. The molecule has 0 radical (unpaired) electrons. The fourth-order valence-electron chi connectivity index (χ4n) is 3.14. The van der Waals surface area contributed by atoms with Gasteiger partial charge in [-0.1, -0.05) is 12.1 Å². The summed E-state index contributed by atoms with van der Waals surface area (Å²) < 4.78 is 37.8. The Kier molecular flexibility index (Phi) is 5.89. The largest absolute Gasteiger partial charge is 0.416 e. The normalized spacial score (nSPS) is 15.5. The van der Waals surface area contributed by atoms with E-state index in [1.165, 1.54) is 30.7 Å². The standard InChI is InChI=1S/C20H22F3N3S/c1-14(15-4-10-18(11-5-15)26-12-2-3-13-26)24-19(27)25-17-8-6-16(7-9-17)20(21,22)23/h4-11,14H,2-3,12-13H2,1H3,(H2,24,25,27)/t14-/m1/s1. The SMILES string of the molecule is C[C@@H](NC(=S)Nc1ccc(C(F)(F)F)cc1)c1ccc(N2CCCC2)cc1. The lowest BCUT2D eigenvalue weighted by molar-refractivity contribution is -0.137. The quantitative estimate of drug-likeness (QED) is 0.685. The zero-order valence-corrected chi connectivity index (χ0v) is 15.8. The number of alkyl halides is 3. The summed E-state index contributed by atoms with van der Waals surface area (Å²) in [5.41, 5.74) is 2.15. The van der Waals surface area contributed by atoms with Gasteiger partial charge in [-0.05, 0) is 73.9 Å². The molecule has 2 aromatic rings. The van der Waals surface area contributed by atoms with Crippen LogP contribution in [0.2, 0.25) is 0 Å². The second-order valence-electron chi connectivity index (χ2n) is 6.68. The molecule has 7 heteroatoms. The summed E-state index contributed by atoms with van der Waals surface area (Å²) in [5, 5.41) is 6.45. The van der Waals surface area contributed by atoms with Crippen molar-refractivity contribution < 1.29 is 13.2 Å². The van der Waals surface area contributed by atoms with Crippen molar-refractivity contribution in [3.63, 3.8) is 0 Å². The first-order valence-corrected chi connectivity index (χ1v) is 9.33. The van der Waals surface area contributed by atoms with Crippen LogP contribution >= 0.6 is 12.2 Å². The number of hydrogen-bond acceptors (Lipinski definition) is 2. The summed E-state index contributed by atoms with van der Waals surface area (Å²) in [6, 6.07) is 13.2. The molecule has 0 unspecified atom stereocenters. The number of thiocarbonyl (C=S) groups is 1. The maximum Gasteiger partial charge on any atom is 0.416 e. The van der Waals surface area contributed by atoms with Crippen LogP contribution in [0, 0.1) is 0 Å². The van der Waals surface area contributed by atoms with Crippen molar-refractivity contribution in [2.24, 2.45) is 0 Å². The fourth-order valence-corrected chi connectivity index (χ4v) is 3.43. The molecule has 1 heterocycles. The minimum absolute atomic E-state index is 0.0212. The summed E-state index contributed by atoms with van der Waals surface area (Å²) in [4.78, 5) is 2.37. The second-order valence-corrected chi connectivity index (χ2v) is 7.09. The van der Waals surface area contributed by atoms with Crippen LogP contribution in [0.15, 0.2) is 48.5 Å². The summed E-state index contributed by atoms with van der Waals surface area (Å²) in [5.74, 6) is 0. The average Bonchev–Trinajstić information content (AvgIpc) is 3.16. The van der Waals surface area contributed by atoms with Crippen LogP contribution in [0.25, 0.3) is 0 Å². The molecule has 0 bridgehead atoms. The Bertz CT molecular complexity index is 767. The number of nitrogens with zero attached hydrogens (tertiary/aromatic N) is 1. The Balaban J connectivity index is 1.55. The average molecular weight is 393 g/mol. The second kappa shape index (κ2) is 8.17. The van der Waals surface area contributed by atoms with Crippen molar-refractivity contribution in [2.75, 3.05) is 23.3 Å². The third-order valence-electron chi connectivity index (χ3n) is 4.68. The highest BCUT2D eigenvalue weighted by Crippen LogP contribution is 2.30. The third kappa shape index (κ3) is 5.13. The van der Waals surface area contributed by atoms with Crippen molar-refractivity contribution in [3.05, 3.63) is 59.7 Å². The van der Waals surface area contributed by atoms with E-state index in [4.69, 9.17) is 12.2 Å². The first-order valence-electron chi connectivity index (χ1n) is 8.92. The van der Waals surface area contributed by atoms with Crippen LogP contribution in [-0.4, -0.2) is 18.2 Å². The Morgan fingerprint density at radius 3 is 2.15 bits per heavy atom. The van der Waals surface area contributed by atoms with Gasteiger partial charge in [-0.2, -0.15) is 13.2 Å². The molecule has 0 amide bonds. The third-order valence-corrected chi connectivity index (χ3v) is 4.90. The molecule has 1 aliphatic heterocycles. The van der Waals surface area contributed by atoms with E-state index < -0.39 is 11.7 Å². The first-order chi connectivity index (χ1) is 12.8. The monoisotopic (exact) mass is 393 g/mol. The van der Waals surface area contributed by atoms with Crippen molar-refractivity contribution >= 4 is 28.7 Å². The van der Waals surface area contributed by atoms with E-state index in [9.17, 15) is 13.2 Å². The van der Waals surface area contributed by atoms with E-state index in [1.54, 1.807) is 0 Å². The van der Waals surface area contributed by atoms with Gasteiger partial charge in [0.15, 0.2) is 5.11 Å². The van der Waals surface area contributed by atoms with Gasteiger partial charge in [0.1, 0.15) is 0 Å². The van der Waals surface area contributed by atoms with Gasteiger partial charge in [0.2, 0.25) is 0 Å². The predicted molar refractivity (Wildman–Crippen MR) is 107 cm³/mol. The van der Waals surface area contributed by atoms with Gasteiger partial charge < -0.3 is 15.5 Å². The molecule has 3 rings (SSSR count). The number of rotatable bonds is 4. The molecule has 1 atom stereocenters. The highest BCUT2D eigenvalue weighted by molar-refractivity contribution is 7.80. The first kappa shape index (κ1) is 19.5. The highest BCUT2D eigenvalue weighted by Gasteiger charge is 2.29. The Hall–Kier alpha value is -2.28. The lowest BCUT2D eigenvalue weighted by Crippen LogP contribution is -2.31. The predicted octanol–water partition coefficient (Wildman–Crippen LogP) is 5.35.